The van der Waals surface area contributed by atoms with Gasteiger partial charge in [-0.15, -0.1) is 5.10 Å². The number of ether oxygens (including phenoxy) is 1. The number of rotatable bonds is 3. The molecule has 0 saturated heterocycles. The molecule has 2 aromatic heterocycles. The summed E-state index contributed by atoms with van der Waals surface area (Å²) in [7, 11) is 1.66. The van der Waals surface area contributed by atoms with Crippen LogP contribution >= 0.6 is 0 Å². The highest BCUT2D eigenvalue weighted by molar-refractivity contribution is 5.96. The smallest absolute Gasteiger partial charge is 0.269 e. The molecule has 24 heavy (non-hydrogen) atoms. The van der Waals surface area contributed by atoms with Crippen LogP contribution in [0.25, 0.3) is 16.9 Å². The van der Waals surface area contributed by atoms with E-state index in [1.807, 2.05) is 47.0 Å². The van der Waals surface area contributed by atoms with E-state index < -0.39 is 0 Å². The molecule has 5 heteroatoms. The van der Waals surface area contributed by atoms with Crippen LogP contribution in [0.3, 0.4) is 0 Å². The second kappa shape index (κ2) is 6.28. The van der Waals surface area contributed by atoms with Crippen molar-refractivity contribution in [1.29, 1.82) is 0 Å². The van der Waals surface area contributed by atoms with Crippen molar-refractivity contribution >= 4 is 17.3 Å². The molecule has 0 saturated carbocycles. The van der Waals surface area contributed by atoms with Crippen LogP contribution in [0.15, 0.2) is 59.6 Å². The summed E-state index contributed by atoms with van der Waals surface area (Å²) in [4.78, 5) is 9.12. The zero-order chi connectivity index (χ0) is 16.4. The van der Waals surface area contributed by atoms with Crippen LogP contribution in [0.2, 0.25) is 0 Å². The molecule has 120 valence electrons. The van der Waals surface area contributed by atoms with Gasteiger partial charge in [-0.25, -0.2) is 9.51 Å². The normalized spacial score (nSPS) is 16.0. The molecular weight excluding hydrogens is 300 g/mol. The molecule has 1 aliphatic rings. The van der Waals surface area contributed by atoms with Crippen LogP contribution in [0, 0.1) is 0 Å². The minimum atomic E-state index is 0.512. The molecule has 2 heterocycles. The van der Waals surface area contributed by atoms with Crippen molar-refractivity contribution in [3.05, 3.63) is 54.6 Å². The fraction of sp³-hybridized carbons (Fsp3) is 0.211. The highest BCUT2D eigenvalue weighted by atomic mass is 16.5. The summed E-state index contributed by atoms with van der Waals surface area (Å²) in [6, 6.07) is 13.9. The number of hydrogen-bond donors (Lipinski definition) is 0. The molecule has 0 unspecified atom stereocenters. The van der Waals surface area contributed by atoms with Gasteiger partial charge in [0.1, 0.15) is 5.75 Å². The van der Waals surface area contributed by atoms with Crippen molar-refractivity contribution in [3.63, 3.8) is 0 Å². The van der Waals surface area contributed by atoms with E-state index in [4.69, 9.17) is 4.74 Å². The number of pyridine rings is 1. The first-order valence-electron chi connectivity index (χ1n) is 8.08. The van der Waals surface area contributed by atoms with Gasteiger partial charge in [0.15, 0.2) is 5.65 Å². The first kappa shape index (κ1) is 14.6. The quantitative estimate of drug-likeness (QED) is 0.726. The lowest BCUT2D eigenvalue weighted by molar-refractivity contribution is 0.415. The topological polar surface area (TPSA) is 51.8 Å². The molecule has 0 fully saturated rings. The lowest BCUT2D eigenvalue weighted by Crippen LogP contribution is -1.98. The van der Waals surface area contributed by atoms with Crippen LogP contribution in [0.4, 0.5) is 5.95 Å². The van der Waals surface area contributed by atoms with Crippen molar-refractivity contribution in [1.82, 2.24) is 14.6 Å². The number of benzene rings is 1. The molecular formula is C19H18N4O. The molecule has 0 spiro atoms. The zero-order valence-electron chi connectivity index (χ0n) is 13.5. The van der Waals surface area contributed by atoms with Crippen LogP contribution in [-0.4, -0.2) is 27.4 Å². The number of fused-ring (bicyclic) bond motifs is 1. The van der Waals surface area contributed by atoms with E-state index in [2.05, 4.69) is 27.2 Å². The van der Waals surface area contributed by atoms with Gasteiger partial charge in [0.25, 0.3) is 5.95 Å². The molecule has 0 N–H and O–H groups in total. The van der Waals surface area contributed by atoms with E-state index in [1.54, 1.807) is 7.11 Å². The Morgan fingerprint density at radius 2 is 2.00 bits per heavy atom. The van der Waals surface area contributed by atoms with Gasteiger partial charge in [-0.2, -0.15) is 4.98 Å². The third kappa shape index (κ3) is 2.80. The average molecular weight is 318 g/mol. The lowest BCUT2D eigenvalue weighted by atomic mass is 10.1. The van der Waals surface area contributed by atoms with Gasteiger partial charge in [0.05, 0.1) is 12.8 Å². The van der Waals surface area contributed by atoms with Crippen LogP contribution in [-0.2, 0) is 0 Å². The summed E-state index contributed by atoms with van der Waals surface area (Å²) < 4.78 is 7.06. The number of aromatic nitrogens is 3. The second-order valence-corrected chi connectivity index (χ2v) is 5.72. The SMILES string of the molecule is COc1ccc(-c2cccc3nc(N=C4C=CCCC4)nn23)cc1. The molecule has 0 aliphatic heterocycles. The summed E-state index contributed by atoms with van der Waals surface area (Å²) in [5.74, 6) is 1.35. The van der Waals surface area contributed by atoms with Gasteiger partial charge in [-0.3, -0.25) is 0 Å². The van der Waals surface area contributed by atoms with Gasteiger partial charge in [0.2, 0.25) is 0 Å². The molecule has 3 aromatic rings. The highest BCUT2D eigenvalue weighted by Crippen LogP contribution is 2.24. The lowest BCUT2D eigenvalue weighted by Gasteiger charge is -2.05. The molecule has 0 atom stereocenters. The minimum Gasteiger partial charge on any atom is -0.497 e. The minimum absolute atomic E-state index is 0.512. The number of hydrogen-bond acceptors (Lipinski definition) is 4. The van der Waals surface area contributed by atoms with E-state index in [1.165, 1.54) is 0 Å². The molecule has 0 bridgehead atoms. The summed E-state index contributed by atoms with van der Waals surface area (Å²) >= 11 is 0. The number of methoxy groups -OCH3 is 1. The predicted molar refractivity (Wildman–Crippen MR) is 95.1 cm³/mol. The third-order valence-corrected chi connectivity index (χ3v) is 4.09. The standard InChI is InChI=1S/C19H18N4O/c1-24-16-12-10-14(11-13-16)17-8-5-9-18-21-19(22-23(17)18)20-15-6-3-2-4-7-15/h3,5-6,8-13H,2,4,7H2,1H3. The first-order valence-corrected chi connectivity index (χ1v) is 8.08. The second-order valence-electron chi connectivity index (χ2n) is 5.72. The fourth-order valence-corrected chi connectivity index (χ4v) is 2.85. The van der Waals surface area contributed by atoms with Crippen molar-refractivity contribution in [2.24, 2.45) is 4.99 Å². The van der Waals surface area contributed by atoms with Gasteiger partial charge in [-0.05, 0) is 61.7 Å². The Kier molecular flexibility index (Phi) is 3.83. The van der Waals surface area contributed by atoms with Gasteiger partial charge in [-0.1, -0.05) is 12.1 Å². The third-order valence-electron chi connectivity index (χ3n) is 4.09. The van der Waals surface area contributed by atoms with E-state index in [-0.39, 0.29) is 0 Å². The highest BCUT2D eigenvalue weighted by Gasteiger charge is 2.09. The Hall–Kier alpha value is -2.95. The summed E-state index contributed by atoms with van der Waals surface area (Å²) in [6.45, 7) is 0. The number of aliphatic imine (C=N–C) groups is 1. The number of allylic oxidation sites excluding steroid dienone is 2. The zero-order valence-corrected chi connectivity index (χ0v) is 13.5. The molecule has 0 radical (unpaired) electrons. The molecule has 5 nitrogen and oxygen atoms in total. The molecule has 4 rings (SSSR count). The Morgan fingerprint density at radius 1 is 1.12 bits per heavy atom. The molecule has 0 amide bonds. The molecule has 1 aromatic carbocycles. The van der Waals surface area contributed by atoms with Crippen molar-refractivity contribution in [2.75, 3.05) is 7.11 Å². The Balaban J connectivity index is 1.76. The Labute approximate surface area is 140 Å². The maximum absolute atomic E-state index is 5.22. The van der Waals surface area contributed by atoms with Crippen molar-refractivity contribution in [3.8, 4) is 17.0 Å². The van der Waals surface area contributed by atoms with E-state index >= 15 is 0 Å². The Bertz CT molecular complexity index is 922. The summed E-state index contributed by atoms with van der Waals surface area (Å²) in [5, 5.41) is 4.58. The summed E-state index contributed by atoms with van der Waals surface area (Å²) in [5.41, 5.74) is 3.88. The van der Waals surface area contributed by atoms with Crippen LogP contribution < -0.4 is 4.74 Å². The average Bonchev–Trinajstić information content (AvgIpc) is 3.05. The summed E-state index contributed by atoms with van der Waals surface area (Å²) in [6.07, 6.45) is 7.47. The predicted octanol–water partition coefficient (Wildman–Crippen LogP) is 4.22. The van der Waals surface area contributed by atoms with E-state index in [0.717, 1.165) is 47.6 Å². The van der Waals surface area contributed by atoms with Crippen molar-refractivity contribution < 1.29 is 4.74 Å². The van der Waals surface area contributed by atoms with E-state index in [0.29, 0.717) is 5.95 Å². The molecule has 1 aliphatic carbocycles. The Morgan fingerprint density at radius 3 is 2.75 bits per heavy atom. The maximum Gasteiger partial charge on any atom is 0.269 e. The van der Waals surface area contributed by atoms with Crippen LogP contribution in [0.1, 0.15) is 19.3 Å². The first-order chi connectivity index (χ1) is 11.8. The maximum atomic E-state index is 5.22. The largest absolute Gasteiger partial charge is 0.497 e. The van der Waals surface area contributed by atoms with Crippen molar-refractivity contribution in [2.45, 2.75) is 19.3 Å². The van der Waals surface area contributed by atoms with Gasteiger partial charge in [0, 0.05) is 11.3 Å². The van der Waals surface area contributed by atoms with Gasteiger partial charge >= 0.3 is 0 Å². The fourth-order valence-electron chi connectivity index (χ4n) is 2.85. The van der Waals surface area contributed by atoms with Gasteiger partial charge < -0.3 is 4.74 Å². The monoisotopic (exact) mass is 318 g/mol. The van der Waals surface area contributed by atoms with Crippen LogP contribution in [0.5, 0.6) is 5.75 Å². The van der Waals surface area contributed by atoms with E-state index in [9.17, 15) is 0 Å². The number of nitrogens with zero attached hydrogens (tertiary/aromatic N) is 4.